The van der Waals surface area contributed by atoms with Gasteiger partial charge in [-0.1, -0.05) is 0 Å². The fourth-order valence-electron chi connectivity index (χ4n) is 1.40. The van der Waals surface area contributed by atoms with E-state index in [1.165, 1.54) is 4.58 Å². The van der Waals surface area contributed by atoms with E-state index in [-0.39, 0.29) is 19.5 Å². The minimum atomic E-state index is -2.67. The number of halogens is 3. The van der Waals surface area contributed by atoms with Crippen LogP contribution in [-0.2, 0) is 0 Å². The molecule has 5 heteroatoms. The molecule has 0 saturated carbocycles. The van der Waals surface area contributed by atoms with Crippen LogP contribution in [-0.4, -0.2) is 49.6 Å². The predicted octanol–water partition coefficient (Wildman–Crippen LogP) is 0.666. The smallest absolute Gasteiger partial charge is 0.270 e. The largest absolute Gasteiger partial charge is 0.303 e. The second-order valence-corrected chi connectivity index (χ2v) is 3.28. The van der Waals surface area contributed by atoms with Gasteiger partial charge in [0.25, 0.3) is 5.92 Å². The Bertz CT molecular complexity index is 194. The van der Waals surface area contributed by atoms with Gasteiger partial charge in [0.05, 0.1) is 0 Å². The average Bonchev–Trinajstić information content (AvgIpc) is 2.31. The minimum Gasteiger partial charge on any atom is -0.303 e. The monoisotopic (exact) mass is 195 g/mol. The van der Waals surface area contributed by atoms with Crippen molar-refractivity contribution >= 4 is 6.72 Å². The average molecular weight is 195 g/mol. The Kier molecular flexibility index (Phi) is 3.30. The molecule has 1 unspecified atom stereocenters. The van der Waals surface area contributed by atoms with Crippen molar-refractivity contribution in [3.8, 4) is 0 Å². The van der Waals surface area contributed by atoms with Crippen molar-refractivity contribution < 1.29 is 17.7 Å². The summed E-state index contributed by atoms with van der Waals surface area (Å²) in [5, 5.41) is 2.68. The Morgan fingerprint density at radius 1 is 1.54 bits per heavy atom. The molecule has 0 spiro atoms. The zero-order valence-electron chi connectivity index (χ0n) is 7.40. The van der Waals surface area contributed by atoms with Crippen molar-refractivity contribution in [3.05, 3.63) is 0 Å². The van der Waals surface area contributed by atoms with Gasteiger partial charge in [-0.15, -0.1) is 0 Å². The molecule has 0 radical (unpaired) electrons. The topological polar surface area (TPSA) is 15.0 Å². The summed E-state index contributed by atoms with van der Waals surface area (Å²) < 4.78 is 39.1. The van der Waals surface area contributed by atoms with E-state index in [9.17, 15) is 13.2 Å². The second kappa shape index (κ2) is 4.09. The fourth-order valence-corrected chi connectivity index (χ4v) is 1.40. The SMILES string of the molecule is C=[N+](CCF)CC1NCCC1(F)F. The van der Waals surface area contributed by atoms with Gasteiger partial charge < -0.3 is 5.32 Å². The van der Waals surface area contributed by atoms with Crippen LogP contribution in [0.3, 0.4) is 0 Å². The third-order valence-corrected chi connectivity index (χ3v) is 2.20. The summed E-state index contributed by atoms with van der Waals surface area (Å²) in [7, 11) is 0. The summed E-state index contributed by atoms with van der Waals surface area (Å²) in [6, 6.07) is -0.878. The first-order chi connectivity index (χ1) is 6.06. The highest BCUT2D eigenvalue weighted by Crippen LogP contribution is 2.27. The summed E-state index contributed by atoms with van der Waals surface area (Å²) in [5.74, 6) is -2.67. The number of hydrogen-bond acceptors (Lipinski definition) is 1. The van der Waals surface area contributed by atoms with Crippen LogP contribution in [0.1, 0.15) is 6.42 Å². The predicted molar refractivity (Wildman–Crippen MR) is 44.4 cm³/mol. The number of nitrogens with zero attached hydrogens (tertiary/aromatic N) is 1. The van der Waals surface area contributed by atoms with Gasteiger partial charge in [0.15, 0.2) is 13.1 Å². The molecule has 1 heterocycles. The van der Waals surface area contributed by atoms with Crippen LogP contribution in [0.15, 0.2) is 0 Å². The maximum absolute atomic E-state index is 13.0. The summed E-state index contributed by atoms with van der Waals surface area (Å²) >= 11 is 0. The highest BCUT2D eigenvalue weighted by Gasteiger charge is 2.45. The molecule has 13 heavy (non-hydrogen) atoms. The van der Waals surface area contributed by atoms with Crippen LogP contribution in [0.25, 0.3) is 0 Å². The first kappa shape index (κ1) is 10.5. The summed E-state index contributed by atoms with van der Waals surface area (Å²) in [6.07, 6.45) is -0.138. The molecule has 1 aliphatic heterocycles. The minimum absolute atomic E-state index is 0.0942. The molecular formula is C8H14F3N2+. The number of hydrogen-bond donors (Lipinski definition) is 1. The molecule has 1 atom stereocenters. The molecule has 0 amide bonds. The zero-order valence-corrected chi connectivity index (χ0v) is 7.40. The van der Waals surface area contributed by atoms with Crippen molar-refractivity contribution in [2.45, 2.75) is 18.4 Å². The normalized spacial score (nSPS) is 26.2. The van der Waals surface area contributed by atoms with E-state index >= 15 is 0 Å². The van der Waals surface area contributed by atoms with Crippen LogP contribution in [0.5, 0.6) is 0 Å². The molecule has 76 valence electrons. The van der Waals surface area contributed by atoms with Crippen molar-refractivity contribution in [2.75, 3.05) is 26.3 Å². The molecule has 0 bridgehead atoms. The third-order valence-electron chi connectivity index (χ3n) is 2.20. The first-order valence-electron chi connectivity index (χ1n) is 4.29. The van der Waals surface area contributed by atoms with Gasteiger partial charge in [0.2, 0.25) is 0 Å². The van der Waals surface area contributed by atoms with Crippen LogP contribution in [0, 0.1) is 0 Å². The molecule has 1 rings (SSSR count). The van der Waals surface area contributed by atoms with Crippen molar-refractivity contribution in [2.24, 2.45) is 0 Å². The Hall–Kier alpha value is -0.580. The van der Waals surface area contributed by atoms with E-state index in [0.717, 1.165) is 0 Å². The highest BCUT2D eigenvalue weighted by atomic mass is 19.3. The van der Waals surface area contributed by atoms with E-state index in [1.54, 1.807) is 0 Å². The van der Waals surface area contributed by atoms with Gasteiger partial charge in [0, 0.05) is 13.0 Å². The lowest BCUT2D eigenvalue weighted by molar-refractivity contribution is -0.526. The van der Waals surface area contributed by atoms with E-state index in [4.69, 9.17) is 0 Å². The summed E-state index contributed by atoms with van der Waals surface area (Å²) in [5.41, 5.74) is 0. The standard InChI is InChI=1S/C8H14F3N2/c1-13(5-3-9)6-7-8(10,11)2-4-12-7/h7,12H,1-6H2/q+1. The molecule has 0 aromatic rings. The van der Waals surface area contributed by atoms with Crippen molar-refractivity contribution in [1.82, 2.24) is 5.32 Å². The van der Waals surface area contributed by atoms with Gasteiger partial charge >= 0.3 is 0 Å². The third kappa shape index (κ3) is 2.69. The van der Waals surface area contributed by atoms with Gasteiger partial charge in [-0.05, 0) is 0 Å². The summed E-state index contributed by atoms with van der Waals surface area (Å²) in [4.78, 5) is 0. The van der Waals surface area contributed by atoms with Gasteiger partial charge in [-0.3, -0.25) is 0 Å². The van der Waals surface area contributed by atoms with Crippen molar-refractivity contribution in [3.63, 3.8) is 0 Å². The lowest BCUT2D eigenvalue weighted by Gasteiger charge is -2.16. The van der Waals surface area contributed by atoms with Crippen molar-refractivity contribution in [1.29, 1.82) is 0 Å². The molecule has 0 aliphatic carbocycles. The van der Waals surface area contributed by atoms with Crippen LogP contribution < -0.4 is 5.32 Å². The maximum Gasteiger partial charge on any atom is 0.270 e. The zero-order chi connectivity index (χ0) is 9.90. The lowest BCUT2D eigenvalue weighted by atomic mass is 10.1. The molecule has 1 saturated heterocycles. The molecule has 0 aromatic carbocycles. The van der Waals surface area contributed by atoms with E-state index in [1.807, 2.05) is 0 Å². The molecule has 1 N–H and O–H groups in total. The lowest BCUT2D eigenvalue weighted by Crippen LogP contribution is -2.42. The second-order valence-electron chi connectivity index (χ2n) is 3.28. The fraction of sp³-hybridized carbons (Fsp3) is 0.875. The maximum atomic E-state index is 13.0. The highest BCUT2D eigenvalue weighted by molar-refractivity contribution is 5.14. The molecular weight excluding hydrogens is 181 g/mol. The van der Waals surface area contributed by atoms with Crippen LogP contribution >= 0.6 is 0 Å². The molecule has 1 aliphatic rings. The number of rotatable bonds is 4. The van der Waals surface area contributed by atoms with Gasteiger partial charge in [-0.2, -0.15) is 0 Å². The first-order valence-corrected chi connectivity index (χ1v) is 4.29. The van der Waals surface area contributed by atoms with E-state index in [2.05, 4.69) is 12.0 Å². The Balaban J connectivity index is 2.40. The van der Waals surface area contributed by atoms with Crippen LogP contribution in [0.2, 0.25) is 0 Å². The quantitative estimate of drug-likeness (QED) is 0.514. The Morgan fingerprint density at radius 3 is 2.69 bits per heavy atom. The van der Waals surface area contributed by atoms with Gasteiger partial charge in [0.1, 0.15) is 19.4 Å². The Labute approximate surface area is 75.4 Å². The Morgan fingerprint density at radius 2 is 2.23 bits per heavy atom. The molecule has 1 fully saturated rings. The molecule has 2 nitrogen and oxygen atoms in total. The number of alkyl halides is 3. The van der Waals surface area contributed by atoms with Crippen LogP contribution in [0.4, 0.5) is 13.2 Å². The van der Waals surface area contributed by atoms with E-state index < -0.39 is 18.6 Å². The number of nitrogens with one attached hydrogen (secondary N) is 1. The van der Waals surface area contributed by atoms with Gasteiger partial charge in [-0.25, -0.2) is 17.7 Å². The van der Waals surface area contributed by atoms with E-state index in [0.29, 0.717) is 6.54 Å². The summed E-state index contributed by atoms with van der Waals surface area (Å²) in [6.45, 7) is 3.44. The molecule has 0 aromatic heterocycles.